The molecule has 0 radical (unpaired) electrons. The predicted octanol–water partition coefficient (Wildman–Crippen LogP) is 1.40. The van der Waals surface area contributed by atoms with Gasteiger partial charge in [-0.1, -0.05) is 19.4 Å². The van der Waals surface area contributed by atoms with Gasteiger partial charge in [-0.15, -0.1) is 0 Å². The highest BCUT2D eigenvalue weighted by Gasteiger charge is 2.25. The molecule has 8 nitrogen and oxygen atoms in total. The Bertz CT molecular complexity index is 823. The second-order valence-electron chi connectivity index (χ2n) is 5.35. The third kappa shape index (κ3) is 3.42. The number of hydrogen-bond donors (Lipinski definition) is 2. The van der Waals surface area contributed by atoms with Gasteiger partial charge in [-0.05, 0) is 18.6 Å². The van der Waals surface area contributed by atoms with E-state index in [1.165, 1.54) is 18.8 Å². The molecule has 134 valence electrons. The first-order valence-electron chi connectivity index (χ1n) is 7.82. The van der Waals surface area contributed by atoms with Crippen LogP contribution in [0.3, 0.4) is 0 Å². The van der Waals surface area contributed by atoms with Crippen molar-refractivity contribution in [1.29, 1.82) is 0 Å². The van der Waals surface area contributed by atoms with Crippen LogP contribution in [0.5, 0.6) is 17.4 Å². The number of nitrogens with zero attached hydrogens (tertiary/aromatic N) is 2. The number of rotatable bonds is 7. The average molecular weight is 347 g/mol. The number of primary amides is 1. The van der Waals surface area contributed by atoms with Crippen molar-refractivity contribution >= 4 is 5.91 Å². The minimum atomic E-state index is -1.06. The van der Waals surface area contributed by atoms with Crippen LogP contribution in [-0.2, 0) is 6.42 Å². The molecule has 0 spiro atoms. The molecule has 0 aliphatic carbocycles. The molecule has 2 rings (SSSR count). The van der Waals surface area contributed by atoms with Gasteiger partial charge in [-0.3, -0.25) is 14.2 Å². The highest BCUT2D eigenvalue weighted by Crippen LogP contribution is 2.36. The van der Waals surface area contributed by atoms with E-state index in [4.69, 9.17) is 15.2 Å². The van der Waals surface area contributed by atoms with E-state index >= 15 is 0 Å². The molecule has 1 heterocycles. The number of methoxy groups -OCH3 is 2. The van der Waals surface area contributed by atoms with Crippen LogP contribution in [0.15, 0.2) is 23.0 Å². The van der Waals surface area contributed by atoms with Gasteiger partial charge in [0.1, 0.15) is 23.0 Å². The Morgan fingerprint density at radius 2 is 1.88 bits per heavy atom. The Kier molecular flexibility index (Phi) is 5.63. The number of aryl methyl sites for hydroxylation is 1. The molecule has 0 saturated carbocycles. The normalized spacial score (nSPS) is 10.5. The molecule has 1 amide bonds. The number of nitrogens with two attached hydrogens (primary N) is 1. The lowest BCUT2D eigenvalue weighted by molar-refractivity contribution is 0.0994. The van der Waals surface area contributed by atoms with E-state index in [1.54, 1.807) is 18.2 Å². The first-order chi connectivity index (χ1) is 12.0. The summed E-state index contributed by atoms with van der Waals surface area (Å²) in [6, 6.07) is 5.06. The van der Waals surface area contributed by atoms with Crippen LogP contribution in [0.1, 0.15) is 35.9 Å². The molecular formula is C17H21N3O5. The van der Waals surface area contributed by atoms with Gasteiger partial charge in [0.15, 0.2) is 5.56 Å². The fourth-order valence-corrected chi connectivity index (χ4v) is 2.56. The van der Waals surface area contributed by atoms with E-state index in [0.717, 1.165) is 12.8 Å². The Labute approximate surface area is 144 Å². The number of para-hydroxylation sites is 1. The average Bonchev–Trinajstić information content (AvgIpc) is 2.58. The molecule has 1 aromatic heterocycles. The number of carbonyl (C=O) groups is 1. The molecule has 1 aromatic carbocycles. The van der Waals surface area contributed by atoms with Crippen LogP contribution >= 0.6 is 0 Å². The lowest BCUT2D eigenvalue weighted by Crippen LogP contribution is -2.28. The predicted molar refractivity (Wildman–Crippen MR) is 91.7 cm³/mol. The molecule has 8 heteroatoms. The second-order valence-corrected chi connectivity index (χ2v) is 5.35. The summed E-state index contributed by atoms with van der Waals surface area (Å²) in [5.74, 6) is -0.584. The number of unbranched alkanes of at least 4 members (excludes halogenated alkanes) is 1. The Morgan fingerprint density at radius 3 is 2.36 bits per heavy atom. The Balaban J connectivity index is 2.90. The summed E-state index contributed by atoms with van der Waals surface area (Å²) in [4.78, 5) is 27.7. The number of hydrogen-bond acceptors (Lipinski definition) is 6. The summed E-state index contributed by atoms with van der Waals surface area (Å²) in [5.41, 5.74) is 4.14. The maximum atomic E-state index is 12.1. The molecule has 0 aliphatic heterocycles. The van der Waals surface area contributed by atoms with Crippen molar-refractivity contribution < 1.29 is 19.4 Å². The van der Waals surface area contributed by atoms with Gasteiger partial charge >= 0.3 is 0 Å². The number of carbonyl (C=O) groups excluding carboxylic acids is 1. The second kappa shape index (κ2) is 7.69. The minimum absolute atomic E-state index is 0.289. The van der Waals surface area contributed by atoms with Crippen molar-refractivity contribution in [2.75, 3.05) is 14.2 Å². The van der Waals surface area contributed by atoms with Crippen molar-refractivity contribution in [2.24, 2.45) is 5.73 Å². The summed E-state index contributed by atoms with van der Waals surface area (Å²) in [6.45, 7) is 1.99. The molecule has 0 aliphatic rings. The first-order valence-corrected chi connectivity index (χ1v) is 7.82. The zero-order chi connectivity index (χ0) is 18.6. The molecule has 0 fully saturated rings. The number of amides is 1. The van der Waals surface area contributed by atoms with E-state index in [0.29, 0.717) is 23.6 Å². The smallest absolute Gasteiger partial charge is 0.289 e. The first kappa shape index (κ1) is 18.3. The van der Waals surface area contributed by atoms with Gasteiger partial charge in [0.2, 0.25) is 5.88 Å². The summed E-state index contributed by atoms with van der Waals surface area (Å²) >= 11 is 0. The van der Waals surface area contributed by atoms with Gasteiger partial charge < -0.3 is 20.3 Å². The molecule has 3 N–H and O–H groups in total. The minimum Gasteiger partial charge on any atom is -0.494 e. The van der Waals surface area contributed by atoms with E-state index in [1.807, 2.05) is 6.92 Å². The third-order valence-corrected chi connectivity index (χ3v) is 3.76. The van der Waals surface area contributed by atoms with E-state index in [-0.39, 0.29) is 5.82 Å². The molecule has 0 bridgehead atoms. The topological polar surface area (TPSA) is 117 Å². The number of benzene rings is 1. The van der Waals surface area contributed by atoms with Crippen LogP contribution in [0.4, 0.5) is 0 Å². The van der Waals surface area contributed by atoms with Crippen molar-refractivity contribution in [1.82, 2.24) is 9.55 Å². The maximum absolute atomic E-state index is 12.1. The van der Waals surface area contributed by atoms with Crippen LogP contribution in [0.25, 0.3) is 5.69 Å². The quantitative estimate of drug-likeness (QED) is 0.782. The van der Waals surface area contributed by atoms with Crippen molar-refractivity contribution in [3.63, 3.8) is 0 Å². The molecule has 0 saturated heterocycles. The lowest BCUT2D eigenvalue weighted by Gasteiger charge is -2.20. The summed E-state index contributed by atoms with van der Waals surface area (Å²) in [7, 11) is 2.93. The fraction of sp³-hybridized carbons (Fsp3) is 0.353. The van der Waals surface area contributed by atoms with Crippen molar-refractivity contribution in [2.45, 2.75) is 26.2 Å². The summed E-state index contributed by atoms with van der Waals surface area (Å²) < 4.78 is 12.0. The van der Waals surface area contributed by atoms with Gasteiger partial charge in [0, 0.05) is 6.42 Å². The van der Waals surface area contributed by atoms with Gasteiger partial charge in [-0.25, -0.2) is 0 Å². The number of aromatic nitrogens is 2. The number of aromatic hydroxyl groups is 1. The Morgan fingerprint density at radius 1 is 1.28 bits per heavy atom. The highest BCUT2D eigenvalue weighted by atomic mass is 16.5. The van der Waals surface area contributed by atoms with Gasteiger partial charge in [0.25, 0.3) is 11.5 Å². The standard InChI is InChI=1S/C17H21N3O5/c1-4-5-9-12-19-16(22)13(15(18)21)17(23)20(12)14-10(24-2)7-6-8-11(14)25-3/h6-8,23H,4-5,9H2,1-3H3,(H2,18,21). The van der Waals surface area contributed by atoms with Crippen LogP contribution in [0, 0.1) is 0 Å². The molecule has 2 aromatic rings. The number of ether oxygens (including phenoxy) is 2. The van der Waals surface area contributed by atoms with Gasteiger partial charge in [0.05, 0.1) is 14.2 Å². The molecule has 25 heavy (non-hydrogen) atoms. The molecule has 0 atom stereocenters. The van der Waals surface area contributed by atoms with E-state index in [2.05, 4.69) is 4.98 Å². The van der Waals surface area contributed by atoms with E-state index in [9.17, 15) is 14.7 Å². The van der Waals surface area contributed by atoms with Crippen molar-refractivity contribution in [3.05, 3.63) is 39.9 Å². The third-order valence-electron chi connectivity index (χ3n) is 3.76. The SMILES string of the molecule is CCCCc1nc(=O)c(C(N)=O)c(O)n1-c1c(OC)cccc1OC. The Hall–Kier alpha value is -3.03. The van der Waals surface area contributed by atoms with Crippen LogP contribution in [-0.4, -0.2) is 34.8 Å². The van der Waals surface area contributed by atoms with Crippen LogP contribution in [0.2, 0.25) is 0 Å². The zero-order valence-electron chi connectivity index (χ0n) is 14.4. The maximum Gasteiger partial charge on any atom is 0.289 e. The highest BCUT2D eigenvalue weighted by molar-refractivity contribution is 5.94. The van der Waals surface area contributed by atoms with Crippen LogP contribution < -0.4 is 20.8 Å². The van der Waals surface area contributed by atoms with Crippen molar-refractivity contribution in [3.8, 4) is 23.1 Å². The van der Waals surface area contributed by atoms with E-state index < -0.39 is 22.9 Å². The fourth-order valence-electron chi connectivity index (χ4n) is 2.56. The summed E-state index contributed by atoms with van der Waals surface area (Å²) in [6.07, 6.45) is 2.01. The molecule has 0 unspecified atom stereocenters. The summed E-state index contributed by atoms with van der Waals surface area (Å²) in [5, 5.41) is 10.6. The monoisotopic (exact) mass is 347 g/mol. The molecular weight excluding hydrogens is 326 g/mol. The largest absolute Gasteiger partial charge is 0.494 e. The lowest BCUT2D eigenvalue weighted by atomic mass is 10.2. The zero-order valence-corrected chi connectivity index (χ0v) is 14.4. The van der Waals surface area contributed by atoms with Gasteiger partial charge in [-0.2, -0.15) is 4.98 Å².